The Labute approximate surface area is 86.3 Å². The predicted octanol–water partition coefficient (Wildman–Crippen LogP) is 1.39. The van der Waals surface area contributed by atoms with Crippen LogP contribution in [0.1, 0.15) is 18.5 Å². The number of rotatable bonds is 2. The highest BCUT2D eigenvalue weighted by atomic mass is 16.4. The maximum absolute atomic E-state index is 10.7. The molecule has 1 aromatic heterocycles. The Morgan fingerprint density at radius 3 is 2.73 bits per heavy atom. The van der Waals surface area contributed by atoms with E-state index in [-0.39, 0.29) is 0 Å². The second-order valence-electron chi connectivity index (χ2n) is 3.53. The molecule has 2 rings (SSSR count). The van der Waals surface area contributed by atoms with Crippen LogP contribution in [-0.4, -0.2) is 26.1 Å². The Bertz CT molecular complexity index is 518. The molecular weight excluding hydrogens is 194 g/mol. The maximum Gasteiger partial charge on any atom is 0.330 e. The van der Waals surface area contributed by atoms with Crippen LogP contribution in [0.15, 0.2) is 18.2 Å². The highest BCUT2D eigenvalue weighted by Crippen LogP contribution is 2.13. The van der Waals surface area contributed by atoms with Crippen molar-refractivity contribution in [1.29, 1.82) is 0 Å². The Morgan fingerprint density at radius 1 is 1.40 bits per heavy atom. The maximum atomic E-state index is 10.7. The standard InChI is InChI=1S/C10H11N3O2/c1-6-3-4-8-9(5-6)12-13(11-8)7(2)10(14)15/h3-5,7H,1-2H3,(H,14,15). The highest BCUT2D eigenvalue weighted by Gasteiger charge is 2.16. The van der Waals surface area contributed by atoms with E-state index < -0.39 is 12.0 Å². The summed E-state index contributed by atoms with van der Waals surface area (Å²) >= 11 is 0. The quantitative estimate of drug-likeness (QED) is 0.804. The lowest BCUT2D eigenvalue weighted by molar-refractivity contribution is -0.140. The largest absolute Gasteiger partial charge is 0.480 e. The molecule has 78 valence electrons. The van der Waals surface area contributed by atoms with E-state index in [0.717, 1.165) is 11.1 Å². The number of hydrogen-bond donors (Lipinski definition) is 1. The molecule has 5 heteroatoms. The summed E-state index contributed by atoms with van der Waals surface area (Å²) in [6.07, 6.45) is 0. The Balaban J connectivity index is 2.51. The summed E-state index contributed by atoms with van der Waals surface area (Å²) in [5, 5.41) is 17.0. The molecule has 1 unspecified atom stereocenters. The van der Waals surface area contributed by atoms with Crippen molar-refractivity contribution in [2.45, 2.75) is 19.9 Å². The summed E-state index contributed by atoms with van der Waals surface area (Å²) in [6.45, 7) is 3.51. The predicted molar refractivity (Wildman–Crippen MR) is 54.6 cm³/mol. The monoisotopic (exact) mass is 205 g/mol. The number of fused-ring (bicyclic) bond motifs is 1. The van der Waals surface area contributed by atoms with Gasteiger partial charge in [-0.3, -0.25) is 0 Å². The van der Waals surface area contributed by atoms with E-state index >= 15 is 0 Å². The van der Waals surface area contributed by atoms with E-state index in [9.17, 15) is 4.79 Å². The van der Waals surface area contributed by atoms with Crippen molar-refractivity contribution >= 4 is 17.0 Å². The van der Waals surface area contributed by atoms with Gasteiger partial charge >= 0.3 is 5.97 Å². The van der Waals surface area contributed by atoms with Gasteiger partial charge in [0.1, 0.15) is 11.0 Å². The summed E-state index contributed by atoms with van der Waals surface area (Å²) in [4.78, 5) is 12.0. The molecule has 1 N–H and O–H groups in total. The molecule has 1 heterocycles. The van der Waals surface area contributed by atoms with E-state index in [4.69, 9.17) is 5.11 Å². The van der Waals surface area contributed by atoms with Crippen LogP contribution in [0.3, 0.4) is 0 Å². The highest BCUT2D eigenvalue weighted by molar-refractivity contribution is 5.75. The minimum atomic E-state index is -0.938. The fourth-order valence-electron chi connectivity index (χ4n) is 1.31. The number of aliphatic carboxylic acids is 1. The van der Waals surface area contributed by atoms with Gasteiger partial charge in [-0.15, -0.1) is 0 Å². The minimum absolute atomic E-state index is 0.716. The number of benzene rings is 1. The summed E-state index contributed by atoms with van der Waals surface area (Å²) in [5.74, 6) is -0.938. The normalized spacial score (nSPS) is 12.9. The summed E-state index contributed by atoms with van der Waals surface area (Å²) in [6, 6.07) is 4.90. The SMILES string of the molecule is Cc1ccc2nn(C(C)C(=O)O)nc2c1. The fourth-order valence-corrected chi connectivity index (χ4v) is 1.31. The van der Waals surface area contributed by atoms with E-state index in [2.05, 4.69) is 10.2 Å². The molecule has 15 heavy (non-hydrogen) atoms. The van der Waals surface area contributed by atoms with Crippen molar-refractivity contribution in [2.24, 2.45) is 0 Å². The van der Waals surface area contributed by atoms with E-state index in [1.807, 2.05) is 25.1 Å². The first-order valence-electron chi connectivity index (χ1n) is 4.64. The average molecular weight is 205 g/mol. The van der Waals surface area contributed by atoms with Gasteiger partial charge in [-0.25, -0.2) is 4.79 Å². The molecule has 0 saturated carbocycles. The van der Waals surface area contributed by atoms with Crippen LogP contribution in [0, 0.1) is 6.92 Å². The number of carboxylic acid groups (broad SMARTS) is 1. The van der Waals surface area contributed by atoms with Crippen LogP contribution < -0.4 is 0 Å². The Morgan fingerprint density at radius 2 is 2.07 bits per heavy atom. The third kappa shape index (κ3) is 1.68. The first kappa shape index (κ1) is 9.64. The van der Waals surface area contributed by atoms with E-state index in [0.29, 0.717) is 5.52 Å². The summed E-state index contributed by atoms with van der Waals surface area (Å²) in [5.41, 5.74) is 2.52. The smallest absolute Gasteiger partial charge is 0.330 e. The van der Waals surface area contributed by atoms with Crippen molar-refractivity contribution in [2.75, 3.05) is 0 Å². The Hall–Kier alpha value is -1.91. The van der Waals surface area contributed by atoms with Crippen molar-refractivity contribution in [3.8, 4) is 0 Å². The van der Waals surface area contributed by atoms with Crippen molar-refractivity contribution in [3.63, 3.8) is 0 Å². The molecule has 0 aliphatic carbocycles. The van der Waals surface area contributed by atoms with Crippen molar-refractivity contribution < 1.29 is 9.90 Å². The Kier molecular flexibility index (Phi) is 2.15. The van der Waals surface area contributed by atoms with Gasteiger partial charge in [0.2, 0.25) is 0 Å². The van der Waals surface area contributed by atoms with E-state index in [1.165, 1.54) is 4.80 Å². The van der Waals surface area contributed by atoms with Gasteiger partial charge in [0, 0.05) is 0 Å². The lowest BCUT2D eigenvalue weighted by atomic mass is 10.2. The first-order chi connectivity index (χ1) is 7.08. The van der Waals surface area contributed by atoms with Crippen LogP contribution in [0.2, 0.25) is 0 Å². The van der Waals surface area contributed by atoms with Crippen molar-refractivity contribution in [3.05, 3.63) is 23.8 Å². The van der Waals surface area contributed by atoms with E-state index in [1.54, 1.807) is 6.92 Å². The van der Waals surface area contributed by atoms with Gasteiger partial charge in [0.05, 0.1) is 0 Å². The first-order valence-corrected chi connectivity index (χ1v) is 4.64. The molecule has 0 aliphatic heterocycles. The van der Waals surface area contributed by atoms with Gasteiger partial charge in [0.15, 0.2) is 6.04 Å². The zero-order chi connectivity index (χ0) is 11.0. The van der Waals surface area contributed by atoms with Gasteiger partial charge < -0.3 is 5.11 Å². The topological polar surface area (TPSA) is 68.0 Å². The molecule has 2 aromatic rings. The minimum Gasteiger partial charge on any atom is -0.480 e. The molecule has 5 nitrogen and oxygen atoms in total. The third-order valence-electron chi connectivity index (χ3n) is 2.26. The summed E-state index contributed by atoms with van der Waals surface area (Å²) < 4.78 is 0. The third-order valence-corrected chi connectivity index (χ3v) is 2.26. The molecule has 1 atom stereocenters. The molecule has 0 fully saturated rings. The molecule has 0 amide bonds. The molecule has 0 radical (unpaired) electrons. The zero-order valence-corrected chi connectivity index (χ0v) is 8.51. The summed E-state index contributed by atoms with van der Waals surface area (Å²) in [7, 11) is 0. The lowest BCUT2D eigenvalue weighted by Crippen LogP contribution is -2.17. The van der Waals surface area contributed by atoms with Crippen LogP contribution in [0.25, 0.3) is 11.0 Å². The number of aryl methyl sites for hydroxylation is 1. The number of hydrogen-bond acceptors (Lipinski definition) is 3. The molecule has 0 spiro atoms. The second-order valence-corrected chi connectivity index (χ2v) is 3.53. The average Bonchev–Trinajstić information content (AvgIpc) is 2.58. The van der Waals surface area contributed by atoms with Gasteiger partial charge in [-0.2, -0.15) is 15.0 Å². The lowest BCUT2D eigenvalue weighted by Gasteiger charge is -2.02. The number of aromatic nitrogens is 3. The van der Waals surface area contributed by atoms with Crippen molar-refractivity contribution in [1.82, 2.24) is 15.0 Å². The molecule has 1 aromatic carbocycles. The molecule has 0 saturated heterocycles. The van der Waals surface area contributed by atoms with Crippen LogP contribution >= 0.6 is 0 Å². The van der Waals surface area contributed by atoms with Crippen LogP contribution in [0.5, 0.6) is 0 Å². The zero-order valence-electron chi connectivity index (χ0n) is 8.51. The van der Waals surface area contributed by atoms with Crippen LogP contribution in [-0.2, 0) is 4.79 Å². The molecule has 0 aliphatic rings. The van der Waals surface area contributed by atoms with Crippen LogP contribution in [0.4, 0.5) is 0 Å². The number of carbonyl (C=O) groups is 1. The second kappa shape index (κ2) is 3.34. The fraction of sp³-hybridized carbons (Fsp3) is 0.300. The van der Waals surface area contributed by atoms with Gasteiger partial charge in [-0.1, -0.05) is 6.07 Å². The molecular formula is C10H11N3O2. The molecule has 0 bridgehead atoms. The van der Waals surface area contributed by atoms with Gasteiger partial charge in [-0.05, 0) is 31.5 Å². The number of carboxylic acids is 1. The van der Waals surface area contributed by atoms with Gasteiger partial charge in [0.25, 0.3) is 0 Å². The number of nitrogens with zero attached hydrogens (tertiary/aromatic N) is 3.